The molecule has 1 saturated carbocycles. The highest BCUT2D eigenvalue weighted by Gasteiger charge is 2.46. The molecule has 1 aromatic carbocycles. The quantitative estimate of drug-likeness (QED) is 0.607. The average molecular weight is 333 g/mol. The van der Waals surface area contributed by atoms with Gasteiger partial charge in [-0.3, -0.25) is 4.79 Å². The van der Waals surface area contributed by atoms with Gasteiger partial charge in [-0.25, -0.2) is 9.59 Å². The molecule has 0 bridgehead atoms. The van der Waals surface area contributed by atoms with Crippen LogP contribution in [0.4, 0.5) is 0 Å². The van der Waals surface area contributed by atoms with Crippen LogP contribution in [0.3, 0.4) is 0 Å². The van der Waals surface area contributed by atoms with Crippen LogP contribution in [-0.4, -0.2) is 37.1 Å². The van der Waals surface area contributed by atoms with Crippen LogP contribution in [0.25, 0.3) is 0 Å². The number of nitrogens with one attached hydrogen (secondary N) is 1. The van der Waals surface area contributed by atoms with Crippen LogP contribution in [0, 0.1) is 12.8 Å². The van der Waals surface area contributed by atoms with E-state index in [1.165, 1.54) is 0 Å². The first-order valence-electron chi connectivity index (χ1n) is 8.18. The lowest BCUT2D eigenvalue weighted by Gasteiger charge is -2.16. The van der Waals surface area contributed by atoms with Gasteiger partial charge in [-0.2, -0.15) is 0 Å². The number of benzene rings is 1. The van der Waals surface area contributed by atoms with E-state index in [1.807, 2.05) is 31.2 Å². The molecule has 0 saturated heterocycles. The molecule has 1 fully saturated rings. The summed E-state index contributed by atoms with van der Waals surface area (Å²) in [5, 5.41) is 2.47. The fourth-order valence-corrected chi connectivity index (χ4v) is 2.67. The van der Waals surface area contributed by atoms with E-state index in [1.54, 1.807) is 13.8 Å². The topological polar surface area (TPSA) is 81.7 Å². The van der Waals surface area contributed by atoms with Gasteiger partial charge in [0, 0.05) is 5.92 Å². The van der Waals surface area contributed by atoms with E-state index in [-0.39, 0.29) is 31.0 Å². The highest BCUT2D eigenvalue weighted by molar-refractivity contribution is 6.03. The number of ether oxygens (including phenoxy) is 2. The summed E-state index contributed by atoms with van der Waals surface area (Å²) in [4.78, 5) is 36.2. The minimum absolute atomic E-state index is 0.120. The molecule has 6 heteroatoms. The third kappa shape index (κ3) is 4.34. The maximum Gasteiger partial charge on any atom is 0.340 e. The molecule has 1 aliphatic rings. The van der Waals surface area contributed by atoms with Gasteiger partial charge in [0.2, 0.25) is 11.9 Å². The molecule has 0 aromatic heterocycles. The maximum atomic E-state index is 12.4. The second-order valence-electron chi connectivity index (χ2n) is 5.81. The van der Waals surface area contributed by atoms with E-state index < -0.39 is 18.0 Å². The zero-order chi connectivity index (χ0) is 17.7. The minimum atomic E-state index is -1.41. The molecule has 0 spiro atoms. The summed E-state index contributed by atoms with van der Waals surface area (Å²) in [6.07, 6.45) is 0.702. The molecule has 0 aliphatic heterocycles. The zero-order valence-electron chi connectivity index (χ0n) is 14.2. The predicted octanol–water partition coefficient (Wildman–Crippen LogP) is 1.71. The van der Waals surface area contributed by atoms with Crippen LogP contribution in [0.15, 0.2) is 24.3 Å². The summed E-state index contributed by atoms with van der Waals surface area (Å²) in [6, 6.07) is 6.58. The first kappa shape index (κ1) is 18.0. The van der Waals surface area contributed by atoms with Crippen molar-refractivity contribution in [3.05, 3.63) is 35.4 Å². The third-order valence-electron chi connectivity index (χ3n) is 3.93. The van der Waals surface area contributed by atoms with E-state index in [0.29, 0.717) is 6.42 Å². The lowest BCUT2D eigenvalue weighted by Crippen LogP contribution is -2.48. The van der Waals surface area contributed by atoms with Crippen LogP contribution in [0.2, 0.25) is 0 Å². The van der Waals surface area contributed by atoms with Crippen molar-refractivity contribution in [1.82, 2.24) is 5.32 Å². The normalized spacial score (nSPS) is 18.8. The van der Waals surface area contributed by atoms with Crippen molar-refractivity contribution in [1.29, 1.82) is 0 Å². The molecule has 1 aliphatic carbocycles. The lowest BCUT2D eigenvalue weighted by molar-refractivity contribution is -0.159. The molecular formula is C18H23NO5. The Bertz CT molecular complexity index is 610. The average Bonchev–Trinajstić information content (AvgIpc) is 3.33. The smallest absolute Gasteiger partial charge is 0.340 e. The van der Waals surface area contributed by atoms with Crippen molar-refractivity contribution in [2.24, 2.45) is 5.92 Å². The molecule has 0 heterocycles. The Kier molecular flexibility index (Phi) is 5.95. The first-order valence-corrected chi connectivity index (χ1v) is 8.18. The van der Waals surface area contributed by atoms with E-state index in [4.69, 9.17) is 9.47 Å². The van der Waals surface area contributed by atoms with E-state index in [2.05, 4.69) is 5.32 Å². The van der Waals surface area contributed by atoms with Crippen molar-refractivity contribution in [3.8, 4) is 0 Å². The third-order valence-corrected chi connectivity index (χ3v) is 3.93. The van der Waals surface area contributed by atoms with Crippen molar-refractivity contribution < 1.29 is 23.9 Å². The fraction of sp³-hybridized carbons (Fsp3) is 0.500. The molecular weight excluding hydrogens is 310 g/mol. The van der Waals surface area contributed by atoms with Crippen molar-refractivity contribution in [2.75, 3.05) is 13.2 Å². The molecule has 1 aromatic rings. The summed E-state index contributed by atoms with van der Waals surface area (Å²) < 4.78 is 9.69. The Morgan fingerprint density at radius 3 is 2.33 bits per heavy atom. The highest BCUT2D eigenvalue weighted by Crippen LogP contribution is 2.47. The van der Waals surface area contributed by atoms with E-state index in [9.17, 15) is 14.4 Å². The Balaban J connectivity index is 2.00. The molecule has 6 nitrogen and oxygen atoms in total. The highest BCUT2D eigenvalue weighted by atomic mass is 16.6. The molecule has 0 unspecified atom stereocenters. The van der Waals surface area contributed by atoms with Crippen LogP contribution in [0.1, 0.15) is 37.3 Å². The SMILES string of the molecule is CCOC(=O)C(NC(=O)[C@@H]1C[C@H]1c1cccc(C)c1)C(=O)OCC. The number of carbonyl (C=O) groups excluding carboxylic acids is 3. The van der Waals surface area contributed by atoms with Gasteiger partial charge in [-0.05, 0) is 38.7 Å². The number of aryl methyl sites for hydroxylation is 1. The maximum absolute atomic E-state index is 12.4. The molecule has 1 amide bonds. The van der Waals surface area contributed by atoms with Crippen molar-refractivity contribution in [3.63, 3.8) is 0 Å². The van der Waals surface area contributed by atoms with Crippen molar-refractivity contribution in [2.45, 2.75) is 39.2 Å². The lowest BCUT2D eigenvalue weighted by atomic mass is 10.1. The van der Waals surface area contributed by atoms with Gasteiger partial charge < -0.3 is 14.8 Å². The van der Waals surface area contributed by atoms with E-state index in [0.717, 1.165) is 11.1 Å². The summed E-state index contributed by atoms with van der Waals surface area (Å²) in [5.74, 6) is -2.03. The number of carbonyl (C=O) groups is 3. The zero-order valence-corrected chi connectivity index (χ0v) is 14.2. The number of esters is 2. The van der Waals surface area contributed by atoms with Crippen LogP contribution < -0.4 is 5.32 Å². The molecule has 1 N–H and O–H groups in total. The van der Waals surface area contributed by atoms with E-state index >= 15 is 0 Å². The summed E-state index contributed by atoms with van der Waals surface area (Å²) in [7, 11) is 0. The van der Waals surface area contributed by atoms with Crippen molar-refractivity contribution >= 4 is 17.8 Å². The van der Waals surface area contributed by atoms with Gasteiger partial charge in [0.25, 0.3) is 0 Å². The molecule has 2 atom stereocenters. The second kappa shape index (κ2) is 7.95. The monoisotopic (exact) mass is 333 g/mol. The first-order chi connectivity index (χ1) is 11.5. The van der Waals surface area contributed by atoms with Crippen LogP contribution in [-0.2, 0) is 23.9 Å². The number of rotatable bonds is 7. The summed E-state index contributed by atoms with van der Waals surface area (Å²) >= 11 is 0. The standard InChI is InChI=1S/C18H23NO5/c1-4-23-17(21)15(18(22)24-5-2)19-16(20)14-10-13(14)12-8-6-7-11(3)9-12/h6-9,13-15H,4-5,10H2,1-3H3,(H,19,20)/t13-,14+/m0/s1. The Morgan fingerprint density at radius 2 is 1.79 bits per heavy atom. The van der Waals surface area contributed by atoms with Crippen LogP contribution >= 0.6 is 0 Å². The van der Waals surface area contributed by atoms with Gasteiger partial charge in [0.15, 0.2) is 0 Å². The number of hydrogen-bond acceptors (Lipinski definition) is 5. The molecule has 2 rings (SSSR count). The van der Waals surface area contributed by atoms with Gasteiger partial charge in [0.05, 0.1) is 13.2 Å². The summed E-state index contributed by atoms with van der Waals surface area (Å²) in [5.41, 5.74) is 2.23. The summed E-state index contributed by atoms with van der Waals surface area (Å²) in [6.45, 7) is 5.52. The van der Waals surface area contributed by atoms with Crippen LogP contribution in [0.5, 0.6) is 0 Å². The van der Waals surface area contributed by atoms with Gasteiger partial charge in [-0.15, -0.1) is 0 Å². The van der Waals surface area contributed by atoms with Gasteiger partial charge in [0.1, 0.15) is 0 Å². The minimum Gasteiger partial charge on any atom is -0.464 e. The largest absolute Gasteiger partial charge is 0.464 e. The molecule has 130 valence electrons. The van der Waals surface area contributed by atoms with Gasteiger partial charge in [-0.1, -0.05) is 29.8 Å². The number of amides is 1. The Morgan fingerprint density at radius 1 is 1.17 bits per heavy atom. The predicted molar refractivity (Wildman–Crippen MR) is 87.2 cm³/mol. The Hall–Kier alpha value is -2.37. The molecule has 24 heavy (non-hydrogen) atoms. The second-order valence-corrected chi connectivity index (χ2v) is 5.81. The van der Waals surface area contributed by atoms with Gasteiger partial charge >= 0.3 is 11.9 Å². The Labute approximate surface area is 141 Å². The molecule has 0 radical (unpaired) electrons. The number of hydrogen-bond donors (Lipinski definition) is 1. The fourth-order valence-electron chi connectivity index (χ4n) is 2.67.